The third kappa shape index (κ3) is 9.73. The molecule has 13 heteroatoms. The lowest BCUT2D eigenvalue weighted by molar-refractivity contribution is -0.145. The van der Waals surface area contributed by atoms with E-state index < -0.39 is 78.5 Å². The quantitative estimate of drug-likeness (QED) is 0.151. The number of primary amides is 1. The Balaban J connectivity index is 5.61. The number of nitrogens with one attached hydrogen (secondary N) is 3. The van der Waals surface area contributed by atoms with Gasteiger partial charge in [0, 0.05) is 0 Å². The van der Waals surface area contributed by atoms with E-state index in [9.17, 15) is 28.8 Å². The molecule has 0 saturated carbocycles. The van der Waals surface area contributed by atoms with Gasteiger partial charge >= 0.3 is 11.9 Å². The largest absolute Gasteiger partial charge is 0.481 e. The van der Waals surface area contributed by atoms with E-state index >= 15 is 0 Å². The van der Waals surface area contributed by atoms with Gasteiger partial charge in [-0.1, -0.05) is 34.1 Å². The molecule has 0 aromatic heterocycles. The van der Waals surface area contributed by atoms with E-state index in [1.54, 1.807) is 27.7 Å². The highest BCUT2D eigenvalue weighted by atomic mass is 16.4. The van der Waals surface area contributed by atoms with Crippen LogP contribution in [0.2, 0.25) is 0 Å². The van der Waals surface area contributed by atoms with E-state index in [-0.39, 0.29) is 5.92 Å². The average Bonchev–Trinajstić information content (AvgIpc) is 2.68. The molecule has 0 aliphatic heterocycles. The molecular formula is C19H33N5O8. The fourth-order valence-corrected chi connectivity index (χ4v) is 2.57. The minimum atomic E-state index is -1.71. The first kappa shape index (κ1) is 28.8. The summed E-state index contributed by atoms with van der Waals surface area (Å²) in [6, 6.07) is -5.39. The Hall–Kier alpha value is -3.22. The monoisotopic (exact) mass is 459 g/mol. The fourth-order valence-electron chi connectivity index (χ4n) is 2.57. The molecule has 32 heavy (non-hydrogen) atoms. The number of carboxylic acid groups (broad SMARTS) is 2. The lowest BCUT2D eigenvalue weighted by atomic mass is 9.96. The normalized spacial score (nSPS) is 15.6. The van der Waals surface area contributed by atoms with E-state index in [2.05, 4.69) is 10.6 Å². The average molecular weight is 460 g/mol. The van der Waals surface area contributed by atoms with Crippen LogP contribution in [0.1, 0.15) is 47.0 Å². The van der Waals surface area contributed by atoms with E-state index in [0.717, 1.165) is 0 Å². The zero-order chi connectivity index (χ0) is 25.2. The predicted molar refractivity (Wildman–Crippen MR) is 112 cm³/mol. The molecular weight excluding hydrogens is 426 g/mol. The third-order valence-corrected chi connectivity index (χ3v) is 4.85. The van der Waals surface area contributed by atoms with Crippen LogP contribution in [0.25, 0.3) is 0 Å². The Bertz CT molecular complexity index is 727. The van der Waals surface area contributed by atoms with Gasteiger partial charge in [0.2, 0.25) is 23.6 Å². The zero-order valence-electron chi connectivity index (χ0n) is 18.6. The first-order chi connectivity index (χ1) is 14.7. The van der Waals surface area contributed by atoms with Gasteiger partial charge in [0.25, 0.3) is 0 Å². The van der Waals surface area contributed by atoms with Crippen molar-refractivity contribution in [1.82, 2.24) is 16.0 Å². The van der Waals surface area contributed by atoms with Gasteiger partial charge in [0.05, 0.1) is 18.9 Å². The Morgan fingerprint density at radius 2 is 1.34 bits per heavy atom. The molecule has 0 spiro atoms. The number of aliphatic carboxylic acids is 2. The summed E-state index contributed by atoms with van der Waals surface area (Å²) in [5.41, 5.74) is 10.8. The van der Waals surface area contributed by atoms with Crippen molar-refractivity contribution in [1.29, 1.82) is 0 Å². The zero-order valence-corrected chi connectivity index (χ0v) is 18.6. The molecule has 13 nitrogen and oxygen atoms in total. The van der Waals surface area contributed by atoms with Gasteiger partial charge in [-0.15, -0.1) is 0 Å². The van der Waals surface area contributed by atoms with Gasteiger partial charge < -0.3 is 37.6 Å². The second-order valence-electron chi connectivity index (χ2n) is 7.87. The molecule has 5 unspecified atom stereocenters. The van der Waals surface area contributed by atoms with E-state index in [0.29, 0.717) is 6.42 Å². The molecule has 0 saturated heterocycles. The molecule has 0 rings (SSSR count). The number of carbonyl (C=O) groups excluding carboxylic acids is 4. The molecule has 0 aliphatic rings. The number of rotatable bonds is 14. The minimum absolute atomic E-state index is 0.209. The summed E-state index contributed by atoms with van der Waals surface area (Å²) < 4.78 is 0. The number of amides is 4. The van der Waals surface area contributed by atoms with Gasteiger partial charge in [0.15, 0.2) is 0 Å². The van der Waals surface area contributed by atoms with Crippen molar-refractivity contribution in [2.24, 2.45) is 23.3 Å². The second kappa shape index (κ2) is 13.2. The molecule has 0 bridgehead atoms. The smallest absolute Gasteiger partial charge is 0.326 e. The number of hydrogen-bond donors (Lipinski definition) is 7. The Morgan fingerprint density at radius 3 is 1.75 bits per heavy atom. The van der Waals surface area contributed by atoms with E-state index in [4.69, 9.17) is 21.7 Å². The maximum absolute atomic E-state index is 12.8. The van der Waals surface area contributed by atoms with E-state index in [1.807, 2.05) is 5.32 Å². The molecule has 4 amide bonds. The van der Waals surface area contributed by atoms with Crippen molar-refractivity contribution in [3.8, 4) is 0 Å². The van der Waals surface area contributed by atoms with Crippen LogP contribution in [-0.4, -0.2) is 69.9 Å². The summed E-state index contributed by atoms with van der Waals surface area (Å²) in [6.45, 7) is 6.88. The van der Waals surface area contributed by atoms with Crippen LogP contribution >= 0.6 is 0 Å². The van der Waals surface area contributed by atoms with Crippen LogP contribution in [0, 0.1) is 11.8 Å². The molecule has 0 radical (unpaired) electrons. The lowest BCUT2D eigenvalue weighted by Crippen LogP contribution is -2.59. The van der Waals surface area contributed by atoms with Gasteiger partial charge in [-0.25, -0.2) is 4.79 Å². The topological polar surface area (TPSA) is 231 Å². The van der Waals surface area contributed by atoms with Gasteiger partial charge in [-0.2, -0.15) is 0 Å². The Kier molecular flexibility index (Phi) is 11.9. The minimum Gasteiger partial charge on any atom is -0.481 e. The van der Waals surface area contributed by atoms with Crippen molar-refractivity contribution >= 4 is 35.6 Å². The molecule has 182 valence electrons. The van der Waals surface area contributed by atoms with Crippen molar-refractivity contribution in [2.45, 2.75) is 71.1 Å². The first-order valence-corrected chi connectivity index (χ1v) is 10.1. The number of hydrogen-bond acceptors (Lipinski definition) is 7. The Morgan fingerprint density at radius 1 is 0.812 bits per heavy atom. The fraction of sp³-hybridized carbons (Fsp3) is 0.684. The van der Waals surface area contributed by atoms with Crippen molar-refractivity contribution < 1.29 is 39.0 Å². The Labute approximate surface area is 185 Å². The molecule has 0 fully saturated rings. The first-order valence-electron chi connectivity index (χ1n) is 10.1. The standard InChI is InChI=1S/C19H33N5O8/c1-5-9(4)15(24-17(29)14(21)8(2)3)18(30)22-10(7-13(26)27)16(28)23-11(19(31)32)6-12(20)25/h8-11,14-15H,5-7,21H2,1-4H3,(H2,20,25)(H,22,30)(H,23,28)(H,24,29)(H,26,27)(H,31,32). The van der Waals surface area contributed by atoms with Crippen molar-refractivity contribution in [3.63, 3.8) is 0 Å². The second-order valence-corrected chi connectivity index (χ2v) is 7.87. The van der Waals surface area contributed by atoms with Crippen LogP contribution < -0.4 is 27.4 Å². The highest BCUT2D eigenvalue weighted by molar-refractivity contribution is 5.96. The number of carbonyl (C=O) groups is 6. The molecule has 5 atom stereocenters. The molecule has 0 aromatic carbocycles. The predicted octanol–water partition coefficient (Wildman–Crippen LogP) is -2.10. The SMILES string of the molecule is CCC(C)C(NC(=O)C(N)C(C)C)C(=O)NC(CC(=O)O)C(=O)NC(CC(N)=O)C(=O)O. The van der Waals surface area contributed by atoms with Gasteiger partial charge in [-0.3, -0.25) is 24.0 Å². The van der Waals surface area contributed by atoms with Crippen LogP contribution in [0.15, 0.2) is 0 Å². The molecule has 0 aromatic rings. The molecule has 9 N–H and O–H groups in total. The summed E-state index contributed by atoms with van der Waals surface area (Å²) in [7, 11) is 0. The summed E-state index contributed by atoms with van der Waals surface area (Å²) in [4.78, 5) is 71.1. The molecule has 0 aliphatic carbocycles. The lowest BCUT2D eigenvalue weighted by Gasteiger charge is -2.28. The van der Waals surface area contributed by atoms with Crippen LogP contribution in [-0.2, 0) is 28.8 Å². The van der Waals surface area contributed by atoms with Gasteiger partial charge in [-0.05, 0) is 11.8 Å². The molecule has 0 heterocycles. The summed E-state index contributed by atoms with van der Waals surface area (Å²) >= 11 is 0. The van der Waals surface area contributed by atoms with Crippen LogP contribution in [0.3, 0.4) is 0 Å². The van der Waals surface area contributed by atoms with Crippen molar-refractivity contribution in [2.75, 3.05) is 0 Å². The van der Waals surface area contributed by atoms with Gasteiger partial charge in [0.1, 0.15) is 18.1 Å². The summed E-state index contributed by atoms with van der Waals surface area (Å²) in [6.07, 6.45) is -1.13. The van der Waals surface area contributed by atoms with Crippen LogP contribution in [0.4, 0.5) is 0 Å². The highest BCUT2D eigenvalue weighted by Crippen LogP contribution is 2.10. The highest BCUT2D eigenvalue weighted by Gasteiger charge is 2.34. The summed E-state index contributed by atoms with van der Waals surface area (Å²) in [5, 5.41) is 25.0. The number of nitrogens with two attached hydrogens (primary N) is 2. The maximum Gasteiger partial charge on any atom is 0.326 e. The van der Waals surface area contributed by atoms with Crippen molar-refractivity contribution in [3.05, 3.63) is 0 Å². The maximum atomic E-state index is 12.8. The van der Waals surface area contributed by atoms with E-state index in [1.165, 1.54) is 0 Å². The van der Waals surface area contributed by atoms with Crippen LogP contribution in [0.5, 0.6) is 0 Å². The number of carboxylic acids is 2. The third-order valence-electron chi connectivity index (χ3n) is 4.85. The summed E-state index contributed by atoms with van der Waals surface area (Å²) in [5.74, 6) is -7.19.